The van der Waals surface area contributed by atoms with Crippen LogP contribution in [-0.2, 0) is 7.05 Å². The van der Waals surface area contributed by atoms with E-state index in [1.54, 1.807) is 23.9 Å². The predicted octanol–water partition coefficient (Wildman–Crippen LogP) is 0.608. The molecule has 2 aromatic carbocycles. The molecule has 0 fully saturated rings. The number of nitrogens with zero attached hydrogens (tertiary/aromatic N) is 4. The minimum absolute atomic E-state index is 0.206. The third kappa shape index (κ3) is 2.39. The maximum Gasteiger partial charge on any atom is 0.270 e. The number of nitrogens with one attached hydrogen (secondary N) is 2. The van der Waals surface area contributed by atoms with Gasteiger partial charge in [0.2, 0.25) is 0 Å². The van der Waals surface area contributed by atoms with Gasteiger partial charge in [0.25, 0.3) is 5.91 Å². The van der Waals surface area contributed by atoms with E-state index in [1.165, 1.54) is 30.6 Å². The molecule has 2 N–H and O–H groups in total. The molecule has 3 aromatic rings. The molecule has 9 heteroatoms. The Morgan fingerprint density at radius 2 is 1.86 bits per heavy atom. The summed E-state index contributed by atoms with van der Waals surface area (Å²) in [6.45, 7) is 0. The first-order valence-electron chi connectivity index (χ1n) is 8.60. The van der Waals surface area contributed by atoms with Gasteiger partial charge < -0.3 is 5.43 Å². The molecule has 0 radical (unpaired) electrons. The summed E-state index contributed by atoms with van der Waals surface area (Å²) in [6.07, 6.45) is 1.43. The Balaban J connectivity index is 1.85. The Bertz CT molecular complexity index is 1230. The van der Waals surface area contributed by atoms with E-state index in [9.17, 15) is 13.6 Å². The van der Waals surface area contributed by atoms with Gasteiger partial charge in [0, 0.05) is 12.3 Å². The van der Waals surface area contributed by atoms with Gasteiger partial charge in [-0.2, -0.15) is 5.10 Å². The zero-order valence-corrected chi connectivity index (χ0v) is 14.6. The highest BCUT2D eigenvalue weighted by atomic mass is 19.1. The van der Waals surface area contributed by atoms with Gasteiger partial charge in [-0.15, -0.1) is 0 Å². The minimum Gasteiger partial charge on any atom is -0.301 e. The number of halogens is 2. The van der Waals surface area contributed by atoms with E-state index in [0.717, 1.165) is 5.56 Å². The number of hydrogen-bond donors (Lipinski definition) is 2. The van der Waals surface area contributed by atoms with Crippen LogP contribution in [0.25, 0.3) is 5.70 Å². The molecule has 2 aliphatic rings. The first-order chi connectivity index (χ1) is 13.5. The SMILES string of the molecule is Cn1ncnc1C1C2=c3c(cc(F)cc3=NC1c1ccc(F)cc1)C(=O)NN2. The molecule has 1 aromatic heterocycles. The molecule has 0 bridgehead atoms. The molecule has 2 aliphatic heterocycles. The van der Waals surface area contributed by atoms with Crippen LogP contribution >= 0.6 is 0 Å². The van der Waals surface area contributed by atoms with Gasteiger partial charge >= 0.3 is 0 Å². The molecule has 0 spiro atoms. The van der Waals surface area contributed by atoms with Crippen LogP contribution in [0.15, 0.2) is 47.7 Å². The zero-order chi connectivity index (χ0) is 19.4. The van der Waals surface area contributed by atoms with Gasteiger partial charge in [-0.3, -0.25) is 19.9 Å². The molecule has 1 amide bonds. The topological polar surface area (TPSA) is 84.2 Å². The van der Waals surface area contributed by atoms with Crippen molar-refractivity contribution in [1.82, 2.24) is 25.6 Å². The van der Waals surface area contributed by atoms with Crippen LogP contribution in [-0.4, -0.2) is 20.7 Å². The number of rotatable bonds is 2. The summed E-state index contributed by atoms with van der Waals surface area (Å²) in [5.41, 5.74) is 7.09. The van der Waals surface area contributed by atoms with Crippen LogP contribution in [0.3, 0.4) is 0 Å². The second-order valence-electron chi connectivity index (χ2n) is 6.69. The summed E-state index contributed by atoms with van der Waals surface area (Å²) in [5, 5.41) is 5.04. The van der Waals surface area contributed by atoms with Crippen molar-refractivity contribution in [2.75, 3.05) is 0 Å². The summed E-state index contributed by atoms with van der Waals surface area (Å²) in [4.78, 5) is 21.3. The van der Waals surface area contributed by atoms with Gasteiger partial charge in [0.1, 0.15) is 23.8 Å². The Hall–Kier alpha value is -3.62. The van der Waals surface area contributed by atoms with E-state index in [0.29, 0.717) is 22.1 Å². The second-order valence-corrected chi connectivity index (χ2v) is 6.69. The molecule has 2 unspecified atom stereocenters. The highest BCUT2D eigenvalue weighted by molar-refractivity contribution is 5.96. The molecular weight excluding hydrogens is 366 g/mol. The number of hydrogen-bond acceptors (Lipinski definition) is 5. The highest BCUT2D eigenvalue weighted by Crippen LogP contribution is 2.39. The maximum absolute atomic E-state index is 14.1. The quantitative estimate of drug-likeness (QED) is 0.682. The number of amides is 1. The number of carbonyl (C=O) groups is 1. The molecule has 28 heavy (non-hydrogen) atoms. The molecule has 3 heterocycles. The number of hydrazine groups is 1. The van der Waals surface area contributed by atoms with Crippen molar-refractivity contribution in [2.24, 2.45) is 12.0 Å². The Morgan fingerprint density at radius 1 is 1.07 bits per heavy atom. The molecule has 7 nitrogen and oxygen atoms in total. The second kappa shape index (κ2) is 5.95. The molecule has 0 saturated carbocycles. The summed E-state index contributed by atoms with van der Waals surface area (Å²) >= 11 is 0. The van der Waals surface area contributed by atoms with Crippen molar-refractivity contribution >= 4 is 11.6 Å². The van der Waals surface area contributed by atoms with Crippen LogP contribution < -0.4 is 21.4 Å². The van der Waals surface area contributed by atoms with Gasteiger partial charge in [-0.25, -0.2) is 13.8 Å². The van der Waals surface area contributed by atoms with Crippen molar-refractivity contribution in [2.45, 2.75) is 12.0 Å². The summed E-state index contributed by atoms with van der Waals surface area (Å²) in [7, 11) is 1.76. The lowest BCUT2D eigenvalue weighted by Gasteiger charge is -2.32. The molecule has 0 aliphatic carbocycles. The van der Waals surface area contributed by atoms with E-state index < -0.39 is 23.7 Å². The van der Waals surface area contributed by atoms with Crippen molar-refractivity contribution in [1.29, 1.82) is 0 Å². The number of aromatic nitrogens is 3. The van der Waals surface area contributed by atoms with E-state index in [1.807, 2.05) is 0 Å². The molecular formula is C19H14F2N6O. The predicted molar refractivity (Wildman–Crippen MR) is 94.1 cm³/mol. The minimum atomic E-state index is -0.552. The van der Waals surface area contributed by atoms with Crippen molar-refractivity contribution < 1.29 is 13.6 Å². The highest BCUT2D eigenvalue weighted by Gasteiger charge is 2.37. The maximum atomic E-state index is 14.1. The molecule has 2 atom stereocenters. The Labute approximate surface area is 157 Å². The zero-order valence-electron chi connectivity index (χ0n) is 14.6. The van der Waals surface area contributed by atoms with Gasteiger partial charge in [-0.1, -0.05) is 12.1 Å². The third-order valence-corrected chi connectivity index (χ3v) is 5.05. The molecule has 0 saturated heterocycles. The smallest absolute Gasteiger partial charge is 0.270 e. The van der Waals surface area contributed by atoms with E-state index in [2.05, 4.69) is 20.9 Å². The standard InChI is InChI=1S/C19H14F2N6O/c1-27-18(22-8-23-27)15-16(9-2-4-10(20)5-3-9)24-13-7-11(21)6-12-14(13)17(15)25-26-19(12)28/h2-8,15-16,25H,1H3,(H,26,28). The lowest BCUT2D eigenvalue weighted by molar-refractivity contribution is 0.0934. The summed E-state index contributed by atoms with van der Waals surface area (Å²) < 4.78 is 29.2. The van der Waals surface area contributed by atoms with E-state index in [4.69, 9.17) is 4.99 Å². The first kappa shape index (κ1) is 16.5. The van der Waals surface area contributed by atoms with Gasteiger partial charge in [-0.05, 0) is 29.8 Å². The third-order valence-electron chi connectivity index (χ3n) is 5.05. The number of benzene rings is 2. The number of aryl methyl sites for hydroxylation is 1. The van der Waals surface area contributed by atoms with Crippen LogP contribution in [0.2, 0.25) is 0 Å². The summed E-state index contributed by atoms with van der Waals surface area (Å²) in [6, 6.07) is 7.96. The molecule has 5 rings (SSSR count). The van der Waals surface area contributed by atoms with Crippen molar-refractivity contribution in [3.8, 4) is 0 Å². The van der Waals surface area contributed by atoms with Crippen LogP contribution in [0, 0.1) is 11.6 Å². The first-order valence-corrected chi connectivity index (χ1v) is 8.60. The van der Waals surface area contributed by atoms with Gasteiger partial charge in [0.05, 0.1) is 28.6 Å². The van der Waals surface area contributed by atoms with E-state index >= 15 is 0 Å². The fraction of sp³-hybridized carbons (Fsp3) is 0.158. The fourth-order valence-corrected chi connectivity index (χ4v) is 3.81. The van der Waals surface area contributed by atoms with Crippen LogP contribution in [0.1, 0.15) is 33.7 Å². The average molecular weight is 380 g/mol. The number of carbonyl (C=O) groups excluding carboxylic acids is 1. The lowest BCUT2D eigenvalue weighted by Crippen LogP contribution is -2.54. The van der Waals surface area contributed by atoms with Crippen LogP contribution in [0.4, 0.5) is 8.78 Å². The lowest BCUT2D eigenvalue weighted by atomic mass is 9.85. The van der Waals surface area contributed by atoms with Gasteiger partial charge in [0.15, 0.2) is 0 Å². The van der Waals surface area contributed by atoms with Crippen LogP contribution in [0.5, 0.6) is 0 Å². The van der Waals surface area contributed by atoms with E-state index in [-0.39, 0.29) is 11.4 Å². The largest absolute Gasteiger partial charge is 0.301 e. The Kier molecular flexibility index (Phi) is 3.51. The molecule has 140 valence electrons. The Morgan fingerprint density at radius 3 is 2.57 bits per heavy atom. The summed E-state index contributed by atoms with van der Waals surface area (Å²) in [5.74, 6) is -1.18. The monoisotopic (exact) mass is 380 g/mol. The average Bonchev–Trinajstić information content (AvgIpc) is 3.10. The fourth-order valence-electron chi connectivity index (χ4n) is 3.81. The van der Waals surface area contributed by atoms with Crippen molar-refractivity contribution in [3.05, 3.63) is 81.9 Å². The normalized spacial score (nSPS) is 20.1. The van der Waals surface area contributed by atoms with Crippen molar-refractivity contribution in [3.63, 3.8) is 0 Å².